The molecule has 0 bridgehead atoms. The minimum atomic E-state index is 0.130. The van der Waals surface area contributed by atoms with Crippen LogP contribution in [0.15, 0.2) is 18.6 Å². The summed E-state index contributed by atoms with van der Waals surface area (Å²) in [4.78, 5) is 28.3. The van der Waals surface area contributed by atoms with E-state index in [0.717, 1.165) is 42.8 Å². The number of nitrogens with one attached hydrogen (secondary N) is 1. The number of anilines is 1. The van der Waals surface area contributed by atoms with E-state index in [-0.39, 0.29) is 5.91 Å². The summed E-state index contributed by atoms with van der Waals surface area (Å²) < 4.78 is 0. The summed E-state index contributed by atoms with van der Waals surface area (Å²) in [5.74, 6) is 2.22. The van der Waals surface area contributed by atoms with E-state index in [1.165, 1.54) is 0 Å². The number of H-pyrrole nitrogens is 1. The summed E-state index contributed by atoms with van der Waals surface area (Å²) in [5.41, 5.74) is 0.865. The Labute approximate surface area is 146 Å². The number of likely N-dealkylation sites (tertiary alicyclic amines) is 1. The number of fused-ring (bicyclic) bond motifs is 2. The van der Waals surface area contributed by atoms with Gasteiger partial charge in [0.25, 0.3) is 0 Å². The van der Waals surface area contributed by atoms with Crippen molar-refractivity contribution in [1.29, 1.82) is 5.26 Å². The number of amides is 1. The molecule has 2 aromatic heterocycles. The van der Waals surface area contributed by atoms with Gasteiger partial charge in [-0.05, 0) is 30.7 Å². The second-order valence-corrected chi connectivity index (χ2v) is 7.15. The highest BCUT2D eigenvalue weighted by atomic mass is 16.2. The smallest absolute Gasteiger partial charge is 0.223 e. The van der Waals surface area contributed by atoms with E-state index in [1.807, 2.05) is 17.2 Å². The number of hydrogen-bond acceptors (Lipinski definition) is 5. The van der Waals surface area contributed by atoms with E-state index in [2.05, 4.69) is 33.0 Å². The predicted octanol–water partition coefficient (Wildman–Crippen LogP) is 1.93. The maximum absolute atomic E-state index is 12.1. The van der Waals surface area contributed by atoms with Crippen molar-refractivity contribution in [2.45, 2.75) is 31.7 Å². The number of nitrogens with zero attached hydrogens (tertiary/aromatic N) is 5. The number of hydrogen-bond donors (Lipinski definition) is 1. The molecule has 2 aromatic rings. The van der Waals surface area contributed by atoms with Crippen LogP contribution in [0.4, 0.5) is 5.82 Å². The molecule has 0 aromatic carbocycles. The van der Waals surface area contributed by atoms with E-state index in [9.17, 15) is 4.79 Å². The first-order valence-electron chi connectivity index (χ1n) is 8.83. The van der Waals surface area contributed by atoms with Crippen LogP contribution < -0.4 is 4.90 Å². The number of rotatable bonds is 4. The zero-order valence-electron chi connectivity index (χ0n) is 14.4. The van der Waals surface area contributed by atoms with E-state index in [0.29, 0.717) is 30.7 Å². The van der Waals surface area contributed by atoms with Crippen LogP contribution in [0.2, 0.25) is 0 Å². The number of carbonyl (C=O) groups is 1. The molecule has 2 aliphatic rings. The first-order valence-corrected chi connectivity index (χ1v) is 8.83. The number of nitriles is 1. The molecule has 130 valence electrons. The van der Waals surface area contributed by atoms with Crippen LogP contribution in [-0.2, 0) is 4.79 Å². The Bertz CT molecular complexity index is 810. The highest BCUT2D eigenvalue weighted by Gasteiger charge is 2.43. The highest BCUT2D eigenvalue weighted by Crippen LogP contribution is 2.41. The lowest BCUT2D eigenvalue weighted by atomic mass is 10.0. The first-order chi connectivity index (χ1) is 12.2. The van der Waals surface area contributed by atoms with E-state index >= 15 is 0 Å². The first kappa shape index (κ1) is 15.9. The zero-order valence-corrected chi connectivity index (χ0v) is 14.4. The maximum Gasteiger partial charge on any atom is 0.223 e. The third-order valence-corrected chi connectivity index (χ3v) is 5.74. The second-order valence-electron chi connectivity index (χ2n) is 7.15. The SMILES string of the molecule is CN(c1ncnc2[nH]ccc12)C1CC2CN(C(=O)CCC#N)CC2C1. The Kier molecular flexibility index (Phi) is 4.04. The molecule has 1 saturated heterocycles. The molecule has 1 N–H and O–H groups in total. The van der Waals surface area contributed by atoms with Crippen molar-refractivity contribution in [1.82, 2.24) is 19.9 Å². The van der Waals surface area contributed by atoms with Crippen LogP contribution in [-0.4, -0.2) is 51.9 Å². The summed E-state index contributed by atoms with van der Waals surface area (Å²) >= 11 is 0. The molecule has 1 saturated carbocycles. The average molecular weight is 338 g/mol. The van der Waals surface area contributed by atoms with E-state index in [1.54, 1.807) is 6.33 Å². The minimum Gasteiger partial charge on any atom is -0.356 e. The monoisotopic (exact) mass is 338 g/mol. The van der Waals surface area contributed by atoms with Gasteiger partial charge in [0, 0.05) is 45.2 Å². The quantitative estimate of drug-likeness (QED) is 0.920. The fraction of sp³-hybridized carbons (Fsp3) is 0.556. The maximum atomic E-state index is 12.1. The minimum absolute atomic E-state index is 0.130. The van der Waals surface area contributed by atoms with Gasteiger partial charge in [0.05, 0.1) is 11.5 Å². The number of carbonyl (C=O) groups excluding carboxylic acids is 1. The Morgan fingerprint density at radius 2 is 2.16 bits per heavy atom. The van der Waals surface area contributed by atoms with Crippen molar-refractivity contribution in [2.24, 2.45) is 11.8 Å². The molecular weight excluding hydrogens is 316 g/mol. The molecule has 1 amide bonds. The summed E-state index contributed by atoms with van der Waals surface area (Å²) in [6.07, 6.45) is 6.33. The molecule has 1 aliphatic carbocycles. The van der Waals surface area contributed by atoms with Crippen molar-refractivity contribution in [3.63, 3.8) is 0 Å². The van der Waals surface area contributed by atoms with Crippen molar-refractivity contribution in [3.05, 3.63) is 18.6 Å². The second kappa shape index (κ2) is 6.36. The Morgan fingerprint density at radius 3 is 2.88 bits per heavy atom. The summed E-state index contributed by atoms with van der Waals surface area (Å²) in [6.45, 7) is 1.67. The fourth-order valence-electron chi connectivity index (χ4n) is 4.42. The predicted molar refractivity (Wildman–Crippen MR) is 93.7 cm³/mol. The van der Waals surface area contributed by atoms with E-state index in [4.69, 9.17) is 5.26 Å². The third kappa shape index (κ3) is 2.82. The van der Waals surface area contributed by atoms with Gasteiger partial charge in [0.15, 0.2) is 0 Å². The molecule has 0 radical (unpaired) electrons. The average Bonchev–Trinajstić information content (AvgIpc) is 3.31. The molecule has 1 aliphatic heterocycles. The molecule has 2 unspecified atom stereocenters. The molecule has 25 heavy (non-hydrogen) atoms. The number of aromatic nitrogens is 3. The van der Waals surface area contributed by atoms with Crippen LogP contribution in [0.1, 0.15) is 25.7 Å². The van der Waals surface area contributed by atoms with Crippen LogP contribution in [0, 0.1) is 23.2 Å². The molecule has 0 spiro atoms. The van der Waals surface area contributed by atoms with Gasteiger partial charge in [-0.25, -0.2) is 9.97 Å². The lowest BCUT2D eigenvalue weighted by molar-refractivity contribution is -0.130. The van der Waals surface area contributed by atoms with E-state index < -0.39 is 0 Å². The molecule has 3 heterocycles. The third-order valence-electron chi connectivity index (χ3n) is 5.74. The van der Waals surface area contributed by atoms with Gasteiger partial charge in [0.1, 0.15) is 17.8 Å². The number of aromatic amines is 1. The summed E-state index contributed by atoms with van der Waals surface area (Å²) in [5, 5.41) is 9.70. The Hall–Kier alpha value is -2.62. The highest BCUT2D eigenvalue weighted by molar-refractivity contribution is 5.87. The van der Waals surface area contributed by atoms with Crippen molar-refractivity contribution in [2.75, 3.05) is 25.0 Å². The largest absolute Gasteiger partial charge is 0.356 e. The molecule has 4 rings (SSSR count). The molecular formula is C18H22N6O. The van der Waals surface area contributed by atoms with Gasteiger partial charge in [-0.1, -0.05) is 0 Å². The Balaban J connectivity index is 1.42. The normalized spacial score (nSPS) is 25.1. The van der Waals surface area contributed by atoms with Gasteiger partial charge < -0.3 is 14.8 Å². The van der Waals surface area contributed by atoms with Gasteiger partial charge >= 0.3 is 0 Å². The fourth-order valence-corrected chi connectivity index (χ4v) is 4.42. The lowest BCUT2D eigenvalue weighted by Gasteiger charge is -2.28. The van der Waals surface area contributed by atoms with Crippen LogP contribution in [0.25, 0.3) is 11.0 Å². The van der Waals surface area contributed by atoms with Gasteiger partial charge in [-0.15, -0.1) is 0 Å². The van der Waals surface area contributed by atoms with Gasteiger partial charge in [-0.2, -0.15) is 5.26 Å². The van der Waals surface area contributed by atoms with Gasteiger partial charge in [0.2, 0.25) is 5.91 Å². The van der Waals surface area contributed by atoms with Crippen molar-refractivity contribution >= 4 is 22.8 Å². The van der Waals surface area contributed by atoms with Crippen LogP contribution >= 0.6 is 0 Å². The Morgan fingerprint density at radius 1 is 1.40 bits per heavy atom. The van der Waals surface area contributed by atoms with Crippen molar-refractivity contribution < 1.29 is 4.79 Å². The molecule has 7 nitrogen and oxygen atoms in total. The standard InChI is InChI=1S/C18H22N6O/c1-23(18-15-4-6-20-17(15)21-11-22-18)14-7-12-9-24(10-13(12)8-14)16(25)3-2-5-19/h4,6,11-14H,2-3,7-10H2,1H3,(H,20,21,22). The zero-order chi connectivity index (χ0) is 17.4. The molecule has 7 heteroatoms. The topological polar surface area (TPSA) is 88.9 Å². The van der Waals surface area contributed by atoms with Crippen LogP contribution in [0.5, 0.6) is 0 Å². The van der Waals surface area contributed by atoms with Gasteiger partial charge in [-0.3, -0.25) is 4.79 Å². The molecule has 2 atom stereocenters. The molecule has 2 fully saturated rings. The summed E-state index contributed by atoms with van der Waals surface area (Å²) in [7, 11) is 2.11. The summed E-state index contributed by atoms with van der Waals surface area (Å²) in [6, 6.07) is 4.52. The van der Waals surface area contributed by atoms with Crippen molar-refractivity contribution in [3.8, 4) is 6.07 Å². The van der Waals surface area contributed by atoms with Crippen LogP contribution in [0.3, 0.4) is 0 Å². The lowest BCUT2D eigenvalue weighted by Crippen LogP contribution is -2.34.